The summed E-state index contributed by atoms with van der Waals surface area (Å²) in [5, 5.41) is 20.2. The molecule has 9 heteroatoms. The van der Waals surface area contributed by atoms with Gasteiger partial charge >= 0.3 is 6.09 Å². The number of aliphatic hydroxyl groups excluding tert-OH is 1. The van der Waals surface area contributed by atoms with Crippen LogP contribution in [0.3, 0.4) is 0 Å². The molecule has 0 radical (unpaired) electrons. The van der Waals surface area contributed by atoms with Crippen LogP contribution in [0.25, 0.3) is 0 Å². The van der Waals surface area contributed by atoms with Crippen LogP contribution in [0, 0.1) is 0 Å². The predicted octanol–water partition coefficient (Wildman–Crippen LogP) is 3.74. The Kier molecular flexibility index (Phi) is 12.1. The van der Waals surface area contributed by atoms with E-state index in [9.17, 15) is 9.90 Å². The minimum atomic E-state index is -0.709. The van der Waals surface area contributed by atoms with Gasteiger partial charge in [-0.25, -0.2) is 4.79 Å². The molecule has 0 saturated heterocycles. The second kappa shape index (κ2) is 13.7. The van der Waals surface area contributed by atoms with Crippen LogP contribution in [-0.4, -0.2) is 55.0 Å². The molecule has 8 nitrogen and oxygen atoms in total. The Morgan fingerprint density at radius 2 is 1.81 bits per heavy atom. The van der Waals surface area contributed by atoms with Crippen LogP contribution in [0.5, 0.6) is 5.75 Å². The number of amides is 1. The van der Waals surface area contributed by atoms with Gasteiger partial charge in [-0.15, -0.1) is 24.0 Å². The number of hydrogen-bond donors (Lipinski definition) is 4. The number of aliphatic hydroxyl groups is 1. The van der Waals surface area contributed by atoms with Gasteiger partial charge in [0.2, 0.25) is 0 Å². The molecule has 1 aromatic carbocycles. The van der Waals surface area contributed by atoms with Crippen molar-refractivity contribution in [2.45, 2.75) is 77.2 Å². The number of hydrogen-bond acceptors (Lipinski definition) is 5. The third kappa shape index (κ3) is 10.2. The van der Waals surface area contributed by atoms with Crippen LogP contribution < -0.4 is 20.7 Å². The molecule has 0 aliphatic heterocycles. The molecule has 1 aromatic rings. The Labute approximate surface area is 209 Å². The van der Waals surface area contributed by atoms with Crippen molar-refractivity contribution in [3.05, 3.63) is 29.8 Å². The van der Waals surface area contributed by atoms with Gasteiger partial charge in [0.05, 0.1) is 19.8 Å². The Bertz CT molecular complexity index is 731. The maximum Gasteiger partial charge on any atom is 0.407 e. The number of methoxy groups -OCH3 is 1. The van der Waals surface area contributed by atoms with Gasteiger partial charge < -0.3 is 30.5 Å². The summed E-state index contributed by atoms with van der Waals surface area (Å²) in [6.07, 6.45) is 2.53. The van der Waals surface area contributed by atoms with E-state index in [1.807, 2.05) is 52.0 Å². The third-order valence-electron chi connectivity index (χ3n) is 5.03. The lowest BCUT2D eigenvalue weighted by atomic mass is 9.91. The summed E-state index contributed by atoms with van der Waals surface area (Å²) >= 11 is 0. The van der Waals surface area contributed by atoms with Gasteiger partial charge in [-0.3, -0.25) is 4.99 Å². The Morgan fingerprint density at radius 3 is 2.38 bits per heavy atom. The summed E-state index contributed by atoms with van der Waals surface area (Å²) in [5.74, 6) is 1.40. The Hall–Kier alpha value is -1.75. The van der Waals surface area contributed by atoms with Crippen LogP contribution in [0.4, 0.5) is 4.79 Å². The van der Waals surface area contributed by atoms with Crippen molar-refractivity contribution in [2.24, 2.45) is 4.99 Å². The zero-order valence-corrected chi connectivity index (χ0v) is 22.1. The van der Waals surface area contributed by atoms with Gasteiger partial charge in [-0.2, -0.15) is 0 Å². The number of carbonyl (C=O) groups is 1. The largest absolute Gasteiger partial charge is 0.497 e. The Morgan fingerprint density at radius 1 is 1.19 bits per heavy atom. The smallest absolute Gasteiger partial charge is 0.407 e. The first-order valence-electron chi connectivity index (χ1n) is 11.1. The molecule has 1 aliphatic carbocycles. The molecular weight excluding hydrogens is 523 g/mol. The van der Waals surface area contributed by atoms with Gasteiger partial charge in [0.1, 0.15) is 11.4 Å². The number of ether oxygens (including phenoxy) is 2. The number of nitrogens with zero attached hydrogens (tertiary/aromatic N) is 1. The van der Waals surface area contributed by atoms with Gasteiger partial charge in [0.25, 0.3) is 0 Å². The molecule has 4 N–H and O–H groups in total. The Balaban J connectivity index is 0.00000512. The van der Waals surface area contributed by atoms with Crippen LogP contribution >= 0.6 is 24.0 Å². The molecule has 2 rings (SSSR count). The lowest BCUT2D eigenvalue weighted by molar-refractivity contribution is 0.0490. The van der Waals surface area contributed by atoms with E-state index in [4.69, 9.17) is 9.47 Å². The normalized spacial score (nSPS) is 19.9. The minimum Gasteiger partial charge on any atom is -0.497 e. The molecule has 1 amide bonds. The maximum absolute atomic E-state index is 12.0. The zero-order valence-electron chi connectivity index (χ0n) is 19.8. The molecule has 1 saturated carbocycles. The van der Waals surface area contributed by atoms with Crippen LogP contribution in [-0.2, 0) is 4.74 Å². The SMILES string of the molecule is CCNC(=NCC(O)c1cccc(OC)c1)NC1CCC(NC(=O)OC(C)(C)C)CC1.I. The number of aliphatic imine (C=N–C) groups is 1. The summed E-state index contributed by atoms with van der Waals surface area (Å²) in [5.41, 5.74) is 0.280. The highest BCUT2D eigenvalue weighted by Crippen LogP contribution is 2.21. The number of guanidine groups is 1. The van der Waals surface area contributed by atoms with Crippen LogP contribution in [0.15, 0.2) is 29.3 Å². The van der Waals surface area contributed by atoms with Crippen LogP contribution in [0.2, 0.25) is 0 Å². The standard InChI is InChI=1S/C23H38N4O4.HI/c1-6-24-21(25-15-20(28)16-8-7-9-19(14-16)30-5)26-17-10-12-18(13-11-17)27-22(29)31-23(2,3)4;/h7-9,14,17-18,20,28H,6,10-13,15H2,1-5H3,(H,27,29)(H2,24,25,26);1H. The van der Waals surface area contributed by atoms with E-state index in [-0.39, 0.29) is 48.7 Å². The number of rotatable bonds is 7. The van der Waals surface area contributed by atoms with E-state index in [1.165, 1.54) is 0 Å². The summed E-state index contributed by atoms with van der Waals surface area (Å²) in [6, 6.07) is 7.78. The fourth-order valence-corrected chi connectivity index (χ4v) is 3.50. The number of halogens is 1. The molecule has 0 bridgehead atoms. The number of carbonyl (C=O) groups excluding carboxylic acids is 1. The number of alkyl carbamates (subject to hydrolysis) is 1. The zero-order chi connectivity index (χ0) is 22.9. The first-order valence-corrected chi connectivity index (χ1v) is 11.1. The molecule has 1 aliphatic rings. The molecule has 182 valence electrons. The minimum absolute atomic E-state index is 0. The summed E-state index contributed by atoms with van der Waals surface area (Å²) < 4.78 is 10.6. The van der Waals surface area contributed by atoms with Crippen molar-refractivity contribution in [2.75, 3.05) is 20.2 Å². The fourth-order valence-electron chi connectivity index (χ4n) is 3.50. The predicted molar refractivity (Wildman–Crippen MR) is 138 cm³/mol. The topological polar surface area (TPSA) is 104 Å². The maximum atomic E-state index is 12.0. The molecular formula is C23H39IN4O4. The molecule has 1 unspecified atom stereocenters. The average molecular weight is 562 g/mol. The van der Waals surface area contributed by atoms with Crippen molar-refractivity contribution in [3.63, 3.8) is 0 Å². The molecule has 0 spiro atoms. The number of benzene rings is 1. The lowest BCUT2D eigenvalue weighted by Crippen LogP contribution is -2.48. The summed E-state index contributed by atoms with van der Waals surface area (Å²) in [6.45, 7) is 8.58. The average Bonchev–Trinajstić information content (AvgIpc) is 2.72. The van der Waals surface area contributed by atoms with E-state index >= 15 is 0 Å². The number of nitrogens with one attached hydrogen (secondary N) is 3. The van der Waals surface area contributed by atoms with Gasteiger partial charge in [-0.05, 0) is 71.1 Å². The third-order valence-corrected chi connectivity index (χ3v) is 5.03. The molecule has 1 atom stereocenters. The van der Waals surface area contributed by atoms with Gasteiger partial charge in [0, 0.05) is 18.6 Å². The van der Waals surface area contributed by atoms with Crippen LogP contribution in [0.1, 0.15) is 65.0 Å². The van der Waals surface area contributed by atoms with E-state index in [1.54, 1.807) is 7.11 Å². The van der Waals surface area contributed by atoms with Crippen molar-refractivity contribution >= 4 is 36.0 Å². The highest BCUT2D eigenvalue weighted by molar-refractivity contribution is 14.0. The van der Waals surface area contributed by atoms with Crippen molar-refractivity contribution in [3.8, 4) is 5.75 Å². The van der Waals surface area contributed by atoms with E-state index in [2.05, 4.69) is 20.9 Å². The van der Waals surface area contributed by atoms with Crippen molar-refractivity contribution < 1.29 is 19.4 Å². The monoisotopic (exact) mass is 562 g/mol. The molecule has 0 aromatic heterocycles. The van der Waals surface area contributed by atoms with Gasteiger partial charge in [0.15, 0.2) is 5.96 Å². The highest BCUT2D eigenvalue weighted by atomic mass is 127. The second-order valence-corrected chi connectivity index (χ2v) is 8.85. The van der Waals surface area contributed by atoms with Gasteiger partial charge in [-0.1, -0.05) is 12.1 Å². The molecule has 1 fully saturated rings. The highest BCUT2D eigenvalue weighted by Gasteiger charge is 2.25. The fraction of sp³-hybridized carbons (Fsp3) is 0.652. The first kappa shape index (κ1) is 28.3. The second-order valence-electron chi connectivity index (χ2n) is 8.85. The van der Waals surface area contributed by atoms with Crippen molar-refractivity contribution in [1.82, 2.24) is 16.0 Å². The lowest BCUT2D eigenvalue weighted by Gasteiger charge is -2.31. The van der Waals surface area contributed by atoms with E-state index in [0.717, 1.165) is 37.8 Å². The van der Waals surface area contributed by atoms with Crippen molar-refractivity contribution in [1.29, 1.82) is 0 Å². The molecule has 0 heterocycles. The van der Waals surface area contributed by atoms with E-state index in [0.29, 0.717) is 11.7 Å². The summed E-state index contributed by atoms with van der Waals surface area (Å²) in [7, 11) is 1.61. The first-order chi connectivity index (χ1) is 14.7. The van der Waals surface area contributed by atoms with E-state index < -0.39 is 11.7 Å². The quantitative estimate of drug-likeness (QED) is 0.230. The summed E-state index contributed by atoms with van der Waals surface area (Å²) in [4.78, 5) is 16.5. The molecule has 32 heavy (non-hydrogen) atoms.